The quantitative estimate of drug-likeness (QED) is 0.637. The van der Waals surface area contributed by atoms with E-state index in [0.29, 0.717) is 35.8 Å². The number of methoxy groups -OCH3 is 1. The molecular formula is C20H19N5O3. The fourth-order valence-electron chi connectivity index (χ4n) is 3.10. The van der Waals surface area contributed by atoms with Crippen molar-refractivity contribution in [3.8, 4) is 17.0 Å². The number of hydrogen-bond donors (Lipinski definition) is 3. The summed E-state index contributed by atoms with van der Waals surface area (Å²) in [4.78, 5) is 26.2. The van der Waals surface area contributed by atoms with Crippen LogP contribution >= 0.6 is 0 Å². The van der Waals surface area contributed by atoms with E-state index in [1.54, 1.807) is 29.3 Å². The summed E-state index contributed by atoms with van der Waals surface area (Å²) >= 11 is 0. The maximum atomic E-state index is 12.7. The Morgan fingerprint density at radius 2 is 2.00 bits per heavy atom. The largest absolute Gasteiger partial charge is 0.495 e. The van der Waals surface area contributed by atoms with Crippen molar-refractivity contribution in [2.24, 2.45) is 0 Å². The molecule has 0 bridgehead atoms. The van der Waals surface area contributed by atoms with Crippen molar-refractivity contribution in [2.45, 2.75) is 0 Å². The Morgan fingerprint density at radius 3 is 2.64 bits per heavy atom. The number of hydrogen-bond acceptors (Lipinski definition) is 4. The molecule has 3 N–H and O–H groups in total. The molecule has 0 spiro atoms. The molecule has 0 aliphatic carbocycles. The highest BCUT2D eigenvalue weighted by molar-refractivity contribution is 6.06. The first-order chi connectivity index (χ1) is 13.7. The predicted octanol–water partition coefficient (Wildman–Crippen LogP) is 2.87. The molecule has 0 radical (unpaired) electrons. The molecule has 0 atom stereocenters. The summed E-state index contributed by atoms with van der Waals surface area (Å²) < 4.78 is 5.35. The number of benzene rings is 2. The van der Waals surface area contributed by atoms with Crippen LogP contribution in [0.1, 0.15) is 10.4 Å². The van der Waals surface area contributed by atoms with Gasteiger partial charge in [0.2, 0.25) is 0 Å². The second kappa shape index (κ2) is 7.43. The van der Waals surface area contributed by atoms with Crippen molar-refractivity contribution in [2.75, 3.05) is 30.4 Å². The van der Waals surface area contributed by atoms with Crippen LogP contribution < -0.4 is 20.3 Å². The number of carbonyl (C=O) groups is 2. The average molecular weight is 377 g/mol. The Hall–Kier alpha value is -3.81. The molecule has 142 valence electrons. The van der Waals surface area contributed by atoms with E-state index in [1.165, 1.54) is 7.11 Å². The maximum absolute atomic E-state index is 12.7. The fraction of sp³-hybridized carbons (Fsp3) is 0.150. The van der Waals surface area contributed by atoms with Crippen molar-refractivity contribution in [1.82, 2.24) is 15.5 Å². The van der Waals surface area contributed by atoms with Crippen LogP contribution in [0.25, 0.3) is 11.3 Å². The van der Waals surface area contributed by atoms with Gasteiger partial charge in [0.25, 0.3) is 5.91 Å². The van der Waals surface area contributed by atoms with Crippen LogP contribution in [-0.4, -0.2) is 42.3 Å². The zero-order valence-electron chi connectivity index (χ0n) is 15.2. The Morgan fingerprint density at radius 1 is 1.18 bits per heavy atom. The number of H-pyrrole nitrogens is 1. The SMILES string of the molecule is COc1ccc(C(=O)Nc2ccc(-c3ccn[nH]3)cc2)cc1N1CCNC1=O. The van der Waals surface area contributed by atoms with E-state index in [2.05, 4.69) is 20.8 Å². The normalized spacial score (nSPS) is 13.3. The molecule has 28 heavy (non-hydrogen) atoms. The summed E-state index contributed by atoms with van der Waals surface area (Å²) in [5.74, 6) is 0.273. The van der Waals surface area contributed by atoms with E-state index in [0.717, 1.165) is 11.3 Å². The lowest BCUT2D eigenvalue weighted by atomic mass is 10.1. The predicted molar refractivity (Wildman–Crippen MR) is 106 cm³/mol. The van der Waals surface area contributed by atoms with E-state index >= 15 is 0 Å². The molecule has 8 heteroatoms. The molecule has 1 aliphatic rings. The first kappa shape index (κ1) is 17.6. The number of aromatic nitrogens is 2. The van der Waals surface area contributed by atoms with Gasteiger partial charge in [0, 0.05) is 30.5 Å². The summed E-state index contributed by atoms with van der Waals surface area (Å²) in [6, 6.07) is 14.2. The highest BCUT2D eigenvalue weighted by Crippen LogP contribution is 2.31. The number of nitrogens with one attached hydrogen (secondary N) is 3. The third-order valence-electron chi connectivity index (χ3n) is 4.54. The Kier molecular flexibility index (Phi) is 4.67. The van der Waals surface area contributed by atoms with Crippen molar-refractivity contribution >= 4 is 23.3 Å². The molecule has 0 unspecified atom stereocenters. The maximum Gasteiger partial charge on any atom is 0.322 e. The van der Waals surface area contributed by atoms with Gasteiger partial charge in [-0.2, -0.15) is 5.10 Å². The monoisotopic (exact) mass is 377 g/mol. The highest BCUT2D eigenvalue weighted by atomic mass is 16.5. The molecular weight excluding hydrogens is 358 g/mol. The Balaban J connectivity index is 1.54. The number of aromatic amines is 1. The summed E-state index contributed by atoms with van der Waals surface area (Å²) in [6.45, 7) is 1.08. The van der Waals surface area contributed by atoms with Gasteiger partial charge >= 0.3 is 6.03 Å². The smallest absolute Gasteiger partial charge is 0.322 e. The second-order valence-electron chi connectivity index (χ2n) is 6.27. The molecule has 1 fully saturated rings. The molecule has 1 aliphatic heterocycles. The van der Waals surface area contributed by atoms with Crippen molar-refractivity contribution < 1.29 is 14.3 Å². The minimum atomic E-state index is -0.266. The van der Waals surface area contributed by atoms with Gasteiger partial charge in [-0.1, -0.05) is 12.1 Å². The molecule has 8 nitrogen and oxygen atoms in total. The lowest BCUT2D eigenvalue weighted by Gasteiger charge is -2.18. The van der Waals surface area contributed by atoms with Crippen LogP contribution in [0.3, 0.4) is 0 Å². The van der Waals surface area contributed by atoms with Crippen LogP contribution in [0, 0.1) is 0 Å². The molecule has 2 heterocycles. The van der Waals surface area contributed by atoms with Crippen LogP contribution in [0.5, 0.6) is 5.75 Å². The standard InChI is InChI=1S/C20H19N5O3/c1-28-18-7-4-14(12-17(18)25-11-10-21-20(25)27)19(26)23-15-5-2-13(3-6-15)16-8-9-22-24-16/h2-9,12H,10-11H2,1H3,(H,21,27)(H,22,24)(H,23,26). The molecule has 2 aromatic carbocycles. The van der Waals surface area contributed by atoms with E-state index in [1.807, 2.05) is 30.3 Å². The number of urea groups is 1. The van der Waals surface area contributed by atoms with E-state index in [9.17, 15) is 9.59 Å². The average Bonchev–Trinajstić information content (AvgIpc) is 3.40. The zero-order valence-corrected chi connectivity index (χ0v) is 15.2. The van der Waals surface area contributed by atoms with Crippen LogP contribution in [0.4, 0.5) is 16.2 Å². The number of nitrogens with zero attached hydrogens (tertiary/aromatic N) is 2. The number of carbonyl (C=O) groups excluding carboxylic acids is 2. The van der Waals surface area contributed by atoms with Gasteiger partial charge in [0.1, 0.15) is 5.75 Å². The van der Waals surface area contributed by atoms with Gasteiger partial charge in [0.05, 0.1) is 18.5 Å². The van der Waals surface area contributed by atoms with E-state index in [-0.39, 0.29) is 11.9 Å². The summed E-state index contributed by atoms with van der Waals surface area (Å²) in [5, 5.41) is 12.5. The molecule has 1 saturated heterocycles. The lowest BCUT2D eigenvalue weighted by molar-refractivity contribution is 0.102. The number of anilines is 2. The van der Waals surface area contributed by atoms with Crippen LogP contribution in [-0.2, 0) is 0 Å². The van der Waals surface area contributed by atoms with Gasteiger partial charge in [-0.05, 0) is 42.0 Å². The van der Waals surface area contributed by atoms with Crippen molar-refractivity contribution in [3.05, 3.63) is 60.3 Å². The van der Waals surface area contributed by atoms with Gasteiger partial charge in [-0.3, -0.25) is 14.8 Å². The summed E-state index contributed by atoms with van der Waals surface area (Å²) in [5.41, 5.74) is 3.56. The Bertz CT molecular complexity index is 999. The molecule has 0 saturated carbocycles. The number of amides is 3. The fourth-order valence-corrected chi connectivity index (χ4v) is 3.10. The summed E-state index contributed by atoms with van der Waals surface area (Å²) in [7, 11) is 1.54. The van der Waals surface area contributed by atoms with Crippen molar-refractivity contribution in [3.63, 3.8) is 0 Å². The minimum absolute atomic E-state index is 0.203. The number of ether oxygens (including phenoxy) is 1. The first-order valence-electron chi connectivity index (χ1n) is 8.80. The third-order valence-corrected chi connectivity index (χ3v) is 4.54. The lowest BCUT2D eigenvalue weighted by Crippen LogP contribution is -2.28. The van der Waals surface area contributed by atoms with Crippen molar-refractivity contribution in [1.29, 1.82) is 0 Å². The summed E-state index contributed by atoms with van der Waals surface area (Å²) in [6.07, 6.45) is 1.69. The van der Waals surface area contributed by atoms with Gasteiger partial charge in [-0.15, -0.1) is 0 Å². The second-order valence-corrected chi connectivity index (χ2v) is 6.27. The van der Waals surface area contributed by atoms with Crippen LogP contribution in [0.15, 0.2) is 54.7 Å². The zero-order chi connectivity index (χ0) is 19.5. The molecule has 4 rings (SSSR count). The van der Waals surface area contributed by atoms with Gasteiger partial charge in [-0.25, -0.2) is 4.79 Å². The molecule has 3 aromatic rings. The van der Waals surface area contributed by atoms with E-state index < -0.39 is 0 Å². The topological polar surface area (TPSA) is 99.3 Å². The Labute approximate surface area is 161 Å². The number of rotatable bonds is 5. The molecule has 3 amide bonds. The molecule has 1 aromatic heterocycles. The minimum Gasteiger partial charge on any atom is -0.495 e. The van der Waals surface area contributed by atoms with Crippen LogP contribution in [0.2, 0.25) is 0 Å². The van der Waals surface area contributed by atoms with Gasteiger partial charge < -0.3 is 15.4 Å². The highest BCUT2D eigenvalue weighted by Gasteiger charge is 2.25. The first-order valence-corrected chi connectivity index (χ1v) is 8.80. The van der Waals surface area contributed by atoms with E-state index in [4.69, 9.17) is 4.74 Å². The van der Waals surface area contributed by atoms with Gasteiger partial charge in [0.15, 0.2) is 0 Å². The third kappa shape index (κ3) is 3.39.